The monoisotopic (exact) mass is 658 g/mol. The van der Waals surface area contributed by atoms with Gasteiger partial charge in [0.05, 0.1) is 32.8 Å². The smallest absolute Gasteiger partial charge is 0.341 e. The van der Waals surface area contributed by atoms with Gasteiger partial charge in [0.15, 0.2) is 0 Å². The zero-order valence-corrected chi connectivity index (χ0v) is 26.8. The van der Waals surface area contributed by atoms with Gasteiger partial charge in [-0.15, -0.1) is 0 Å². The Morgan fingerprint density at radius 1 is 1.09 bits per heavy atom. The number of sulfonamides is 1. The molecule has 0 spiro atoms. The van der Waals surface area contributed by atoms with Crippen LogP contribution in [0.3, 0.4) is 0 Å². The van der Waals surface area contributed by atoms with Gasteiger partial charge in [-0.25, -0.2) is 22.7 Å². The molecular formula is C30H35ClN6O7S. The van der Waals surface area contributed by atoms with Crippen molar-refractivity contribution in [1.82, 2.24) is 10.1 Å². The van der Waals surface area contributed by atoms with Crippen LogP contribution in [0.2, 0.25) is 5.02 Å². The van der Waals surface area contributed by atoms with Gasteiger partial charge in [-0.1, -0.05) is 41.9 Å². The minimum Gasteiger partial charge on any atom is -0.603 e. The molecule has 15 heteroatoms. The number of rotatable bonds is 13. The molecule has 4 rings (SSSR count). The van der Waals surface area contributed by atoms with Crippen molar-refractivity contribution < 1.29 is 32.3 Å². The molecular weight excluding hydrogens is 624 g/mol. The maximum Gasteiger partial charge on any atom is 0.341 e. The van der Waals surface area contributed by atoms with Crippen LogP contribution in [-0.2, 0) is 26.0 Å². The van der Waals surface area contributed by atoms with E-state index in [1.165, 1.54) is 30.3 Å². The highest BCUT2D eigenvalue weighted by Gasteiger charge is 2.28. The molecule has 3 aromatic carbocycles. The number of amides is 1. The molecule has 1 heterocycles. The molecule has 0 fully saturated rings. The molecule has 45 heavy (non-hydrogen) atoms. The molecule has 13 nitrogen and oxygen atoms in total. The highest BCUT2D eigenvalue weighted by Crippen LogP contribution is 2.31. The van der Waals surface area contributed by atoms with E-state index in [0.29, 0.717) is 5.56 Å². The zero-order chi connectivity index (χ0) is 32.8. The summed E-state index contributed by atoms with van der Waals surface area (Å²) in [5.74, 6) is -1.19. The van der Waals surface area contributed by atoms with Crippen molar-refractivity contribution in [2.75, 3.05) is 24.9 Å². The van der Waals surface area contributed by atoms with E-state index in [0.717, 1.165) is 17.7 Å². The van der Waals surface area contributed by atoms with Crippen molar-refractivity contribution in [1.29, 1.82) is 0 Å². The Kier molecular flexibility index (Phi) is 10.8. The summed E-state index contributed by atoms with van der Waals surface area (Å²) in [6, 6.07) is 17.2. The molecule has 2 N–H and O–H groups in total. The van der Waals surface area contributed by atoms with Crippen LogP contribution >= 0.6 is 11.6 Å². The normalized spacial score (nSPS) is 15.5. The maximum atomic E-state index is 13.4. The van der Waals surface area contributed by atoms with Crippen LogP contribution < -0.4 is 15.2 Å². The van der Waals surface area contributed by atoms with Crippen molar-refractivity contribution in [2.24, 2.45) is 10.5 Å². The fourth-order valence-electron chi connectivity index (χ4n) is 4.66. The first-order chi connectivity index (χ1) is 21.4. The maximum absolute atomic E-state index is 13.4. The number of nitrogens with one attached hydrogen (secondary N) is 2. The minimum absolute atomic E-state index is 0.0218. The molecule has 1 aliphatic heterocycles. The molecule has 1 aliphatic rings. The third-order valence-electron chi connectivity index (χ3n) is 7.38. The van der Waals surface area contributed by atoms with Crippen LogP contribution in [0.1, 0.15) is 65.6 Å². The molecule has 2 unspecified atom stereocenters. The number of fused-ring (bicyclic) bond motifs is 1. The quantitative estimate of drug-likeness (QED) is 0.0629. The Balaban J connectivity index is 1.37. The topological polar surface area (TPSA) is 162 Å². The fourth-order valence-corrected chi connectivity index (χ4v) is 6.42. The lowest BCUT2D eigenvalue weighted by Crippen LogP contribution is -2.45. The van der Waals surface area contributed by atoms with Crippen LogP contribution in [0.25, 0.3) is 0 Å². The molecule has 0 aliphatic carbocycles. The number of hydrogen-bond acceptors (Lipinski definition) is 10. The Hall–Kier alpha value is -4.08. The number of halogens is 1. The number of esters is 1. The molecule has 0 saturated heterocycles. The SMILES string of the molecule is CC[N+]([O-])(CC)/N=N\OCOC(=O)c1ccc(C(C)NS(=O)(=O)c2cc(C(=O)NN3c4ccccc4CC3C)ccc2Cl)cc1. The third-order valence-corrected chi connectivity index (χ3v) is 9.40. The number of hydrazine groups is 1. The molecule has 240 valence electrons. The van der Waals surface area contributed by atoms with Crippen LogP contribution in [0.15, 0.2) is 82.1 Å². The minimum atomic E-state index is -4.17. The third kappa shape index (κ3) is 8.15. The van der Waals surface area contributed by atoms with Crippen molar-refractivity contribution in [3.63, 3.8) is 0 Å². The summed E-state index contributed by atoms with van der Waals surface area (Å²) in [6.07, 6.45) is 0.768. The molecule has 0 aromatic heterocycles. The van der Waals surface area contributed by atoms with Gasteiger partial charge < -0.3 is 14.8 Å². The lowest BCUT2D eigenvalue weighted by molar-refractivity contribution is -0.890. The number of quaternary nitrogens is 1. The highest BCUT2D eigenvalue weighted by molar-refractivity contribution is 7.89. The fraction of sp³-hybridized carbons (Fsp3) is 0.333. The van der Waals surface area contributed by atoms with Crippen molar-refractivity contribution in [3.05, 3.63) is 99.2 Å². The lowest BCUT2D eigenvalue weighted by Gasteiger charge is -2.30. The molecule has 0 bridgehead atoms. The van der Waals surface area contributed by atoms with E-state index in [1.54, 1.807) is 37.9 Å². The second-order valence-corrected chi connectivity index (χ2v) is 12.5. The van der Waals surface area contributed by atoms with Crippen LogP contribution in [0.5, 0.6) is 0 Å². The zero-order valence-electron chi connectivity index (χ0n) is 25.3. The van der Waals surface area contributed by atoms with E-state index >= 15 is 0 Å². The summed E-state index contributed by atoms with van der Waals surface area (Å²) < 4.78 is 33.3. The van der Waals surface area contributed by atoms with Gasteiger partial charge in [0.25, 0.3) is 12.7 Å². The number of anilines is 1. The van der Waals surface area contributed by atoms with Crippen molar-refractivity contribution in [3.8, 4) is 0 Å². The number of ether oxygens (including phenoxy) is 1. The Labute approximate surface area is 266 Å². The van der Waals surface area contributed by atoms with Gasteiger partial charge in [0.2, 0.25) is 10.0 Å². The van der Waals surface area contributed by atoms with E-state index < -0.39 is 39.5 Å². The predicted molar refractivity (Wildman–Crippen MR) is 167 cm³/mol. The summed E-state index contributed by atoms with van der Waals surface area (Å²) in [4.78, 5) is 30.0. The number of benzene rings is 3. The average molecular weight is 659 g/mol. The summed E-state index contributed by atoms with van der Waals surface area (Å²) >= 11 is 6.28. The highest BCUT2D eigenvalue weighted by atomic mass is 35.5. The second kappa shape index (κ2) is 14.3. The largest absolute Gasteiger partial charge is 0.603 e. The molecule has 0 radical (unpaired) electrons. The number of nitrogens with zero attached hydrogens (tertiary/aromatic N) is 4. The van der Waals surface area contributed by atoms with Gasteiger partial charge in [-0.3, -0.25) is 15.2 Å². The van der Waals surface area contributed by atoms with Gasteiger partial charge in [-0.05, 0) is 81.6 Å². The number of para-hydroxylation sites is 1. The first-order valence-corrected chi connectivity index (χ1v) is 16.1. The standard InChI is InChI=1S/C30H35ClN6O7S/c1-5-37(40,6-2)34-35-44-19-43-30(39)23-13-11-22(12-14-23)21(4)33-45(41,42)28-18-25(15-16-26(28)31)29(38)32-36-20(3)17-24-9-7-8-10-27(24)36/h7-16,18,20-21,33H,5-6,17,19H2,1-4H3,(H,32,38)/b35-34-. The number of carbonyl (C=O) groups is 2. The van der Waals surface area contributed by atoms with Crippen LogP contribution in [-0.4, -0.2) is 51.0 Å². The van der Waals surface area contributed by atoms with E-state index in [9.17, 15) is 23.2 Å². The first kappa shape index (κ1) is 33.8. The van der Waals surface area contributed by atoms with E-state index in [4.69, 9.17) is 21.2 Å². The Bertz CT molecular complexity index is 1670. The summed E-state index contributed by atoms with van der Waals surface area (Å²) in [7, 11) is -4.17. The average Bonchev–Trinajstić information content (AvgIpc) is 3.34. The lowest BCUT2D eigenvalue weighted by atomic mass is 10.1. The number of hydrogen-bond donors (Lipinski definition) is 2. The molecule has 1 amide bonds. The van der Waals surface area contributed by atoms with E-state index in [-0.39, 0.29) is 40.2 Å². The van der Waals surface area contributed by atoms with Crippen molar-refractivity contribution >= 4 is 39.2 Å². The molecule has 3 aromatic rings. The van der Waals surface area contributed by atoms with Crippen LogP contribution in [0, 0.1) is 5.21 Å². The van der Waals surface area contributed by atoms with Gasteiger partial charge >= 0.3 is 5.97 Å². The second-order valence-electron chi connectivity index (χ2n) is 10.4. The van der Waals surface area contributed by atoms with Crippen LogP contribution in [0.4, 0.5) is 5.69 Å². The summed E-state index contributed by atoms with van der Waals surface area (Å²) in [5.41, 5.74) is 5.73. The molecule has 2 atom stereocenters. The molecule has 0 saturated carbocycles. The Morgan fingerprint density at radius 2 is 1.76 bits per heavy atom. The van der Waals surface area contributed by atoms with Gasteiger partial charge in [0.1, 0.15) is 18.0 Å². The van der Waals surface area contributed by atoms with E-state index in [2.05, 4.69) is 20.6 Å². The number of hydroxylamine groups is 2. The van der Waals surface area contributed by atoms with Gasteiger partial charge in [-0.2, -0.15) is 0 Å². The van der Waals surface area contributed by atoms with E-state index in [1.807, 2.05) is 31.2 Å². The first-order valence-electron chi connectivity index (χ1n) is 14.3. The summed E-state index contributed by atoms with van der Waals surface area (Å²) in [5, 5.41) is 20.5. The number of carbonyl (C=O) groups excluding carboxylic acids is 2. The van der Waals surface area contributed by atoms with Gasteiger partial charge in [0, 0.05) is 11.6 Å². The predicted octanol–water partition coefficient (Wildman–Crippen LogP) is 5.24. The summed E-state index contributed by atoms with van der Waals surface area (Å²) in [6.45, 7) is 6.74. The van der Waals surface area contributed by atoms with Crippen molar-refractivity contribution in [2.45, 2.75) is 51.1 Å². The Morgan fingerprint density at radius 3 is 2.44 bits per heavy atom.